The molecule has 166 valence electrons. The number of hydrogen-bond acceptors (Lipinski definition) is 5. The van der Waals surface area contributed by atoms with Crippen molar-refractivity contribution in [1.82, 2.24) is 4.98 Å². The van der Waals surface area contributed by atoms with Gasteiger partial charge in [0, 0.05) is 28.5 Å². The Morgan fingerprint density at radius 3 is 2.30 bits per heavy atom. The number of halogens is 1. The molecule has 1 heterocycles. The zero-order valence-corrected chi connectivity index (χ0v) is 19.3. The normalized spacial score (nSPS) is 11.6. The van der Waals surface area contributed by atoms with Crippen LogP contribution < -0.4 is 10.6 Å². The van der Waals surface area contributed by atoms with E-state index in [2.05, 4.69) is 15.6 Å². The van der Waals surface area contributed by atoms with Gasteiger partial charge in [-0.2, -0.15) is 0 Å². The number of amides is 2. The number of carbonyl (C=O) groups is 2. The maximum atomic E-state index is 13.2. The van der Waals surface area contributed by atoms with Crippen molar-refractivity contribution in [3.8, 4) is 11.3 Å². The molecule has 0 radical (unpaired) electrons. The number of rotatable bonds is 7. The first-order valence-electron chi connectivity index (χ1n) is 10.1. The second-order valence-electron chi connectivity index (χ2n) is 7.15. The lowest BCUT2D eigenvalue weighted by Crippen LogP contribution is -2.19. The van der Waals surface area contributed by atoms with E-state index in [-0.39, 0.29) is 17.6 Å². The molecule has 2 N–H and O–H groups in total. The van der Waals surface area contributed by atoms with Crippen LogP contribution in [-0.2, 0) is 9.59 Å². The van der Waals surface area contributed by atoms with Gasteiger partial charge in [-0.15, -0.1) is 23.1 Å². The van der Waals surface area contributed by atoms with Gasteiger partial charge in [0.2, 0.25) is 11.8 Å². The van der Waals surface area contributed by atoms with Crippen molar-refractivity contribution >= 4 is 45.7 Å². The fraction of sp³-hybridized carbons (Fsp3) is 0.0800. The largest absolute Gasteiger partial charge is 0.326 e. The van der Waals surface area contributed by atoms with Crippen molar-refractivity contribution in [3.63, 3.8) is 0 Å². The molecule has 0 aliphatic carbocycles. The van der Waals surface area contributed by atoms with Crippen molar-refractivity contribution in [1.29, 1.82) is 0 Å². The number of carbonyl (C=O) groups excluding carboxylic acids is 2. The summed E-state index contributed by atoms with van der Waals surface area (Å²) in [6.07, 6.45) is 0. The number of anilines is 2. The van der Waals surface area contributed by atoms with Crippen LogP contribution in [0.25, 0.3) is 11.3 Å². The van der Waals surface area contributed by atoms with Gasteiger partial charge in [-0.1, -0.05) is 30.3 Å². The second kappa shape index (κ2) is 10.4. The summed E-state index contributed by atoms with van der Waals surface area (Å²) in [6, 6.07) is 22.9. The van der Waals surface area contributed by atoms with E-state index in [1.165, 1.54) is 42.2 Å². The molecule has 4 rings (SSSR count). The molecule has 1 aromatic heterocycles. The summed E-state index contributed by atoms with van der Waals surface area (Å²) < 4.78 is 13.2. The lowest BCUT2D eigenvalue weighted by atomic mass is 10.1. The molecule has 3 aromatic carbocycles. The molecule has 1 unspecified atom stereocenters. The molecule has 0 aliphatic rings. The van der Waals surface area contributed by atoms with Crippen LogP contribution in [0.2, 0.25) is 0 Å². The van der Waals surface area contributed by atoms with Crippen LogP contribution in [-0.4, -0.2) is 16.8 Å². The predicted molar refractivity (Wildman–Crippen MR) is 132 cm³/mol. The van der Waals surface area contributed by atoms with E-state index < -0.39 is 5.25 Å². The highest BCUT2D eigenvalue weighted by molar-refractivity contribution is 8.00. The molecule has 0 aliphatic heterocycles. The molecule has 2 amide bonds. The summed E-state index contributed by atoms with van der Waals surface area (Å²) in [7, 11) is 0. The molecule has 0 spiro atoms. The Morgan fingerprint density at radius 2 is 1.64 bits per heavy atom. The maximum absolute atomic E-state index is 13.2. The highest BCUT2D eigenvalue weighted by Crippen LogP contribution is 2.37. The van der Waals surface area contributed by atoms with E-state index in [4.69, 9.17) is 0 Å². The van der Waals surface area contributed by atoms with Crippen molar-refractivity contribution < 1.29 is 14.0 Å². The van der Waals surface area contributed by atoms with E-state index in [1.54, 1.807) is 24.3 Å². The molecule has 4 aromatic rings. The number of thiazole rings is 1. The molecule has 5 nitrogen and oxygen atoms in total. The Hall–Kier alpha value is -3.49. The topological polar surface area (TPSA) is 71.1 Å². The number of aromatic nitrogens is 1. The average Bonchev–Trinajstić information content (AvgIpc) is 3.27. The van der Waals surface area contributed by atoms with Gasteiger partial charge in [-0.3, -0.25) is 9.59 Å². The fourth-order valence-electron chi connectivity index (χ4n) is 3.11. The van der Waals surface area contributed by atoms with Crippen LogP contribution in [0, 0.1) is 5.82 Å². The highest BCUT2D eigenvalue weighted by atomic mass is 32.2. The third-order valence-corrected chi connectivity index (χ3v) is 6.67. The molecular weight excluding hydrogens is 457 g/mol. The molecule has 1 atom stereocenters. The van der Waals surface area contributed by atoms with Crippen LogP contribution in [0.15, 0.2) is 89.1 Å². The first kappa shape index (κ1) is 22.7. The predicted octanol–water partition coefficient (Wildman–Crippen LogP) is 6.38. The zero-order valence-electron chi connectivity index (χ0n) is 17.6. The maximum Gasteiger partial charge on any atom is 0.244 e. The van der Waals surface area contributed by atoms with Crippen molar-refractivity contribution in [2.24, 2.45) is 0 Å². The van der Waals surface area contributed by atoms with Gasteiger partial charge < -0.3 is 10.6 Å². The smallest absolute Gasteiger partial charge is 0.244 e. The van der Waals surface area contributed by atoms with Crippen LogP contribution in [0.4, 0.5) is 15.2 Å². The summed E-state index contributed by atoms with van der Waals surface area (Å²) >= 11 is 2.73. The van der Waals surface area contributed by atoms with Crippen LogP contribution in [0.5, 0.6) is 0 Å². The molecule has 33 heavy (non-hydrogen) atoms. The lowest BCUT2D eigenvalue weighted by Gasteiger charge is -2.16. The van der Waals surface area contributed by atoms with Gasteiger partial charge in [0.05, 0.1) is 5.69 Å². The van der Waals surface area contributed by atoms with Crippen molar-refractivity contribution in [2.45, 2.75) is 17.1 Å². The Morgan fingerprint density at radius 1 is 0.939 bits per heavy atom. The average molecular weight is 478 g/mol. The Balaban J connectivity index is 1.52. The van der Waals surface area contributed by atoms with Gasteiger partial charge in [-0.25, -0.2) is 9.37 Å². The summed E-state index contributed by atoms with van der Waals surface area (Å²) in [4.78, 5) is 29.9. The van der Waals surface area contributed by atoms with E-state index in [9.17, 15) is 14.0 Å². The number of nitrogens with zero attached hydrogens (tertiary/aromatic N) is 1. The SMILES string of the molecule is CC(=O)Nc1ccc(SC(C(=O)Nc2nc(-c3ccc(F)cc3)cs2)c2ccccc2)cc1. The van der Waals surface area contributed by atoms with Crippen molar-refractivity contribution in [2.75, 3.05) is 10.6 Å². The van der Waals surface area contributed by atoms with Gasteiger partial charge >= 0.3 is 0 Å². The number of benzene rings is 3. The first-order valence-corrected chi connectivity index (χ1v) is 11.9. The molecule has 0 saturated carbocycles. The minimum absolute atomic E-state index is 0.139. The number of thioether (sulfide) groups is 1. The standard InChI is InChI=1S/C25H20FN3O2S2/c1-16(30)27-20-11-13-21(14-12-20)33-23(18-5-3-2-4-6-18)24(31)29-25-28-22(15-32-25)17-7-9-19(26)10-8-17/h2-15,23H,1H3,(H,27,30)(H,28,29,31). The molecule has 0 fully saturated rings. The van der Waals surface area contributed by atoms with Gasteiger partial charge in [0.25, 0.3) is 0 Å². The van der Waals surface area contributed by atoms with Crippen LogP contribution in [0.3, 0.4) is 0 Å². The highest BCUT2D eigenvalue weighted by Gasteiger charge is 2.23. The van der Waals surface area contributed by atoms with Crippen LogP contribution >= 0.6 is 23.1 Å². The zero-order chi connectivity index (χ0) is 23.2. The molecule has 0 saturated heterocycles. The van der Waals surface area contributed by atoms with E-state index in [1.807, 2.05) is 47.8 Å². The lowest BCUT2D eigenvalue weighted by molar-refractivity contribution is -0.116. The van der Waals surface area contributed by atoms with Crippen molar-refractivity contribution in [3.05, 3.63) is 95.6 Å². The Kier molecular flexibility index (Phi) is 7.16. The Bertz CT molecular complexity index is 1240. The second-order valence-corrected chi connectivity index (χ2v) is 9.18. The van der Waals surface area contributed by atoms with Gasteiger partial charge in [0.15, 0.2) is 5.13 Å². The van der Waals surface area contributed by atoms with E-state index >= 15 is 0 Å². The molecular formula is C25H20FN3O2S2. The Labute approximate surface area is 199 Å². The minimum atomic E-state index is -0.504. The summed E-state index contributed by atoms with van der Waals surface area (Å²) in [5.74, 6) is -0.645. The summed E-state index contributed by atoms with van der Waals surface area (Å²) in [6.45, 7) is 1.46. The third kappa shape index (κ3) is 6.06. The third-order valence-electron chi connectivity index (χ3n) is 4.64. The molecule has 8 heteroatoms. The fourth-order valence-corrected chi connectivity index (χ4v) is 4.86. The minimum Gasteiger partial charge on any atom is -0.326 e. The molecule has 0 bridgehead atoms. The summed E-state index contributed by atoms with van der Waals surface area (Å²) in [5, 5.41) is 7.45. The first-order chi connectivity index (χ1) is 16.0. The van der Waals surface area contributed by atoms with Gasteiger partial charge in [0.1, 0.15) is 11.1 Å². The number of nitrogens with one attached hydrogen (secondary N) is 2. The number of hydrogen-bond donors (Lipinski definition) is 2. The van der Waals surface area contributed by atoms with E-state index in [0.717, 1.165) is 16.0 Å². The quantitative estimate of drug-likeness (QED) is 0.303. The summed E-state index contributed by atoms with van der Waals surface area (Å²) in [5.41, 5.74) is 3.01. The van der Waals surface area contributed by atoms with E-state index in [0.29, 0.717) is 16.5 Å². The van der Waals surface area contributed by atoms with Gasteiger partial charge in [-0.05, 0) is 54.1 Å². The van der Waals surface area contributed by atoms with Crippen LogP contribution in [0.1, 0.15) is 17.7 Å². The monoisotopic (exact) mass is 477 g/mol.